The van der Waals surface area contributed by atoms with Crippen LogP contribution in [0.1, 0.15) is 56.8 Å². The number of benzene rings is 1. The summed E-state index contributed by atoms with van der Waals surface area (Å²) in [5.74, 6) is 0.650. The van der Waals surface area contributed by atoms with E-state index in [9.17, 15) is 9.59 Å². The monoisotopic (exact) mass is 348 g/mol. The Morgan fingerprint density at radius 3 is 1.96 bits per heavy atom. The van der Waals surface area contributed by atoms with Crippen LogP contribution in [0.5, 0.6) is 5.75 Å². The zero-order valence-electron chi connectivity index (χ0n) is 15.4. The third-order valence-corrected chi connectivity index (χ3v) is 4.14. The number of carbonyl (C=O) groups is 2. The van der Waals surface area contributed by atoms with Crippen molar-refractivity contribution in [3.05, 3.63) is 29.8 Å². The smallest absolute Gasteiger partial charge is 0.407 e. The van der Waals surface area contributed by atoms with Crippen LogP contribution in [0.25, 0.3) is 0 Å². The summed E-state index contributed by atoms with van der Waals surface area (Å²) >= 11 is 0. The molecule has 1 aromatic rings. The Morgan fingerprint density at radius 2 is 1.48 bits per heavy atom. The van der Waals surface area contributed by atoms with Crippen LogP contribution < -0.4 is 15.4 Å². The normalized spacial score (nSPS) is 20.5. The average molecular weight is 348 g/mol. The summed E-state index contributed by atoms with van der Waals surface area (Å²) < 4.78 is 10.4. The first-order valence-electron chi connectivity index (χ1n) is 8.71. The second-order valence-electron chi connectivity index (χ2n) is 7.40. The number of alkyl carbamates (subject to hydrolysis) is 1. The highest BCUT2D eigenvalue weighted by atomic mass is 16.6. The maximum Gasteiger partial charge on any atom is 0.407 e. The van der Waals surface area contributed by atoms with Crippen LogP contribution in [0.4, 0.5) is 4.79 Å². The minimum Gasteiger partial charge on any atom is -0.497 e. The summed E-state index contributed by atoms with van der Waals surface area (Å²) in [4.78, 5) is 24.1. The van der Waals surface area contributed by atoms with Gasteiger partial charge in [0.2, 0.25) is 0 Å². The molecule has 0 radical (unpaired) electrons. The fourth-order valence-corrected chi connectivity index (χ4v) is 2.87. The van der Waals surface area contributed by atoms with E-state index in [1.54, 1.807) is 31.4 Å². The number of ether oxygens (including phenoxy) is 2. The quantitative estimate of drug-likeness (QED) is 0.875. The molecule has 138 valence electrons. The fraction of sp³-hybridized carbons (Fsp3) is 0.579. The number of carbonyl (C=O) groups excluding carboxylic acids is 2. The molecular weight excluding hydrogens is 320 g/mol. The highest BCUT2D eigenvalue weighted by Crippen LogP contribution is 2.20. The molecule has 1 saturated carbocycles. The Bertz CT molecular complexity index is 584. The summed E-state index contributed by atoms with van der Waals surface area (Å²) in [7, 11) is 1.60. The Kier molecular flexibility index (Phi) is 6.28. The molecule has 25 heavy (non-hydrogen) atoms. The van der Waals surface area contributed by atoms with E-state index in [1.807, 2.05) is 20.8 Å². The van der Waals surface area contributed by atoms with Gasteiger partial charge in [0.15, 0.2) is 0 Å². The summed E-state index contributed by atoms with van der Waals surface area (Å²) in [5, 5.41) is 5.97. The summed E-state index contributed by atoms with van der Waals surface area (Å²) in [6.07, 6.45) is 2.95. The van der Waals surface area contributed by atoms with E-state index in [0.29, 0.717) is 5.56 Å². The van der Waals surface area contributed by atoms with Crippen LogP contribution in [0.3, 0.4) is 0 Å². The summed E-state index contributed by atoms with van der Waals surface area (Å²) in [6.45, 7) is 5.54. The topological polar surface area (TPSA) is 76.7 Å². The van der Waals surface area contributed by atoms with Gasteiger partial charge < -0.3 is 20.1 Å². The SMILES string of the molecule is COc1ccc(C(=O)NC2CCC(NC(=O)OC(C)(C)C)CC2)cc1. The highest BCUT2D eigenvalue weighted by molar-refractivity contribution is 5.94. The van der Waals surface area contributed by atoms with E-state index in [4.69, 9.17) is 9.47 Å². The molecule has 0 atom stereocenters. The van der Waals surface area contributed by atoms with E-state index in [0.717, 1.165) is 31.4 Å². The molecule has 1 aliphatic rings. The zero-order valence-corrected chi connectivity index (χ0v) is 15.4. The molecule has 2 amide bonds. The molecule has 6 heteroatoms. The number of amides is 2. The van der Waals surface area contributed by atoms with Gasteiger partial charge in [-0.2, -0.15) is 0 Å². The number of hydrogen-bond donors (Lipinski definition) is 2. The highest BCUT2D eigenvalue weighted by Gasteiger charge is 2.25. The Hall–Kier alpha value is -2.24. The van der Waals surface area contributed by atoms with Crippen molar-refractivity contribution in [1.29, 1.82) is 0 Å². The molecule has 0 bridgehead atoms. The largest absolute Gasteiger partial charge is 0.497 e. The van der Waals surface area contributed by atoms with Crippen LogP contribution in [-0.4, -0.2) is 36.8 Å². The molecule has 0 heterocycles. The lowest BCUT2D eigenvalue weighted by Gasteiger charge is -2.30. The molecule has 2 rings (SSSR count). The predicted octanol–water partition coefficient (Wildman–Crippen LogP) is 3.26. The van der Waals surface area contributed by atoms with Crippen molar-refractivity contribution in [3.63, 3.8) is 0 Å². The van der Waals surface area contributed by atoms with Gasteiger partial charge in [0.1, 0.15) is 11.4 Å². The number of rotatable bonds is 4. The lowest BCUT2D eigenvalue weighted by atomic mass is 9.91. The maximum atomic E-state index is 12.3. The molecule has 0 unspecified atom stereocenters. The van der Waals surface area contributed by atoms with E-state index in [-0.39, 0.29) is 24.1 Å². The first kappa shape index (κ1) is 19.1. The summed E-state index contributed by atoms with van der Waals surface area (Å²) in [6, 6.07) is 7.29. The molecule has 1 aromatic carbocycles. The molecule has 0 spiro atoms. The Balaban J connectivity index is 1.76. The van der Waals surface area contributed by atoms with Crippen molar-refractivity contribution in [2.45, 2.75) is 64.1 Å². The zero-order chi connectivity index (χ0) is 18.4. The Morgan fingerprint density at radius 1 is 0.960 bits per heavy atom. The number of nitrogens with one attached hydrogen (secondary N) is 2. The molecule has 1 aliphatic carbocycles. The standard InChI is InChI=1S/C19H28N2O4/c1-19(2,3)25-18(23)21-15-9-7-14(8-10-15)20-17(22)13-5-11-16(24-4)12-6-13/h5-6,11-12,14-15H,7-10H2,1-4H3,(H,20,22)(H,21,23). The first-order valence-corrected chi connectivity index (χ1v) is 8.71. The third-order valence-electron chi connectivity index (χ3n) is 4.14. The van der Waals surface area contributed by atoms with Gasteiger partial charge in [0, 0.05) is 17.6 Å². The lowest BCUT2D eigenvalue weighted by Crippen LogP contribution is -2.45. The van der Waals surface area contributed by atoms with E-state index in [1.165, 1.54) is 0 Å². The molecule has 2 N–H and O–H groups in total. The van der Waals surface area contributed by atoms with Crippen molar-refractivity contribution < 1.29 is 19.1 Å². The fourth-order valence-electron chi connectivity index (χ4n) is 2.87. The number of methoxy groups -OCH3 is 1. The van der Waals surface area contributed by atoms with Gasteiger partial charge >= 0.3 is 6.09 Å². The van der Waals surface area contributed by atoms with E-state index in [2.05, 4.69) is 10.6 Å². The second-order valence-corrected chi connectivity index (χ2v) is 7.40. The molecule has 0 saturated heterocycles. The van der Waals surface area contributed by atoms with Gasteiger partial charge in [0.25, 0.3) is 5.91 Å². The minimum atomic E-state index is -0.492. The van der Waals surface area contributed by atoms with Gasteiger partial charge in [-0.3, -0.25) is 4.79 Å². The minimum absolute atomic E-state index is 0.0776. The molecule has 0 aliphatic heterocycles. The maximum absolute atomic E-state index is 12.3. The molecule has 1 fully saturated rings. The van der Waals surface area contributed by atoms with E-state index < -0.39 is 5.60 Å². The molecular formula is C19H28N2O4. The van der Waals surface area contributed by atoms with E-state index >= 15 is 0 Å². The van der Waals surface area contributed by atoms with Crippen LogP contribution >= 0.6 is 0 Å². The van der Waals surface area contributed by atoms with Crippen LogP contribution in [0.2, 0.25) is 0 Å². The van der Waals surface area contributed by atoms with Gasteiger partial charge in [-0.05, 0) is 70.7 Å². The van der Waals surface area contributed by atoms with Gasteiger partial charge in [-0.15, -0.1) is 0 Å². The first-order chi connectivity index (χ1) is 11.8. The van der Waals surface area contributed by atoms with Crippen molar-refractivity contribution in [3.8, 4) is 5.75 Å². The van der Waals surface area contributed by atoms with Crippen LogP contribution in [0, 0.1) is 0 Å². The van der Waals surface area contributed by atoms with Crippen LogP contribution in [0.15, 0.2) is 24.3 Å². The molecule has 6 nitrogen and oxygen atoms in total. The van der Waals surface area contributed by atoms with Crippen LogP contribution in [-0.2, 0) is 4.74 Å². The Labute approximate surface area is 149 Å². The summed E-state index contributed by atoms with van der Waals surface area (Å²) in [5.41, 5.74) is 0.128. The third kappa shape index (κ3) is 6.29. The van der Waals surface area contributed by atoms with Gasteiger partial charge in [-0.1, -0.05) is 0 Å². The molecule has 0 aromatic heterocycles. The van der Waals surface area contributed by atoms with Crippen molar-refractivity contribution in [2.24, 2.45) is 0 Å². The van der Waals surface area contributed by atoms with Gasteiger partial charge in [0.05, 0.1) is 7.11 Å². The predicted molar refractivity (Wildman–Crippen MR) is 95.9 cm³/mol. The lowest BCUT2D eigenvalue weighted by molar-refractivity contribution is 0.0488. The number of hydrogen-bond acceptors (Lipinski definition) is 4. The second kappa shape index (κ2) is 8.23. The van der Waals surface area contributed by atoms with Crippen molar-refractivity contribution in [1.82, 2.24) is 10.6 Å². The van der Waals surface area contributed by atoms with Crippen molar-refractivity contribution >= 4 is 12.0 Å². The van der Waals surface area contributed by atoms with Gasteiger partial charge in [-0.25, -0.2) is 4.79 Å². The average Bonchev–Trinajstić information content (AvgIpc) is 2.55. The van der Waals surface area contributed by atoms with Crippen molar-refractivity contribution in [2.75, 3.05) is 7.11 Å².